The number of benzene rings is 2. The van der Waals surface area contributed by atoms with Crippen LogP contribution in [0, 0.1) is 6.92 Å². The number of methoxy groups -OCH3 is 1. The largest absolute Gasteiger partial charge is 0.497 e. The number of nitrogens with zero attached hydrogens (tertiary/aromatic N) is 2. The minimum absolute atomic E-state index is 0.786. The third kappa shape index (κ3) is 4.13. The highest BCUT2D eigenvalue weighted by Gasteiger charge is 2.06. The van der Waals surface area contributed by atoms with Crippen molar-refractivity contribution in [2.75, 3.05) is 12.9 Å². The summed E-state index contributed by atoms with van der Waals surface area (Å²) in [4.78, 5) is 4.55. The first-order chi connectivity index (χ1) is 11.2. The van der Waals surface area contributed by atoms with Crippen LogP contribution < -0.4 is 4.74 Å². The average molecular weight is 325 g/mol. The highest BCUT2D eigenvalue weighted by Crippen LogP contribution is 2.21. The summed E-state index contributed by atoms with van der Waals surface area (Å²) in [5.74, 6) is 2.65. The number of thioether (sulfide) groups is 1. The van der Waals surface area contributed by atoms with E-state index in [0.29, 0.717) is 0 Å². The van der Waals surface area contributed by atoms with E-state index in [1.54, 1.807) is 18.9 Å². The fourth-order valence-electron chi connectivity index (χ4n) is 2.20. The molecule has 0 fully saturated rings. The van der Waals surface area contributed by atoms with Crippen molar-refractivity contribution in [3.8, 4) is 17.1 Å². The van der Waals surface area contributed by atoms with Gasteiger partial charge in [-0.25, -0.2) is 4.98 Å². The molecule has 0 aliphatic heterocycles. The van der Waals surface area contributed by atoms with Crippen molar-refractivity contribution in [2.45, 2.75) is 18.5 Å². The lowest BCUT2D eigenvalue weighted by molar-refractivity contribution is 0.414. The number of nitrogens with one attached hydrogen (secondary N) is 1. The normalized spacial score (nSPS) is 10.7. The summed E-state index contributed by atoms with van der Waals surface area (Å²) < 4.78 is 5.17. The number of hydrogen-bond donors (Lipinski definition) is 1. The van der Waals surface area contributed by atoms with Gasteiger partial charge in [-0.05, 0) is 31.0 Å². The number of hydrogen-bond acceptors (Lipinski definition) is 4. The monoisotopic (exact) mass is 325 g/mol. The number of rotatable bonds is 6. The Morgan fingerprint density at radius 1 is 1.04 bits per heavy atom. The van der Waals surface area contributed by atoms with Crippen LogP contribution in [0.3, 0.4) is 0 Å². The maximum atomic E-state index is 5.17. The van der Waals surface area contributed by atoms with Gasteiger partial charge in [0.25, 0.3) is 0 Å². The highest BCUT2D eigenvalue weighted by molar-refractivity contribution is 7.99. The number of aromatic amines is 1. The minimum atomic E-state index is 0.786. The van der Waals surface area contributed by atoms with Gasteiger partial charge in [0.2, 0.25) is 5.16 Å². The molecule has 4 nitrogen and oxygen atoms in total. The average Bonchev–Trinajstić information content (AvgIpc) is 3.05. The molecule has 0 unspecified atom stereocenters. The first-order valence-electron chi connectivity index (χ1n) is 7.50. The second kappa shape index (κ2) is 7.33. The topological polar surface area (TPSA) is 50.8 Å². The molecule has 118 valence electrons. The summed E-state index contributed by atoms with van der Waals surface area (Å²) in [6.45, 7) is 2.07. The van der Waals surface area contributed by atoms with Gasteiger partial charge in [0.1, 0.15) is 5.75 Å². The van der Waals surface area contributed by atoms with Crippen LogP contribution in [0.2, 0.25) is 0 Å². The molecular weight excluding hydrogens is 306 g/mol. The molecule has 0 radical (unpaired) electrons. The van der Waals surface area contributed by atoms with E-state index in [1.165, 1.54) is 11.1 Å². The van der Waals surface area contributed by atoms with Gasteiger partial charge in [0.15, 0.2) is 5.82 Å². The van der Waals surface area contributed by atoms with Crippen molar-refractivity contribution in [1.82, 2.24) is 15.2 Å². The van der Waals surface area contributed by atoms with Crippen molar-refractivity contribution >= 4 is 11.8 Å². The Kier molecular flexibility index (Phi) is 4.98. The molecule has 23 heavy (non-hydrogen) atoms. The summed E-state index contributed by atoms with van der Waals surface area (Å²) in [5.41, 5.74) is 3.58. The van der Waals surface area contributed by atoms with E-state index in [9.17, 15) is 0 Å². The first kappa shape index (κ1) is 15.6. The molecule has 0 aliphatic rings. The van der Waals surface area contributed by atoms with Gasteiger partial charge in [0, 0.05) is 11.3 Å². The zero-order valence-electron chi connectivity index (χ0n) is 13.2. The van der Waals surface area contributed by atoms with Crippen molar-refractivity contribution in [2.24, 2.45) is 0 Å². The summed E-state index contributed by atoms with van der Waals surface area (Å²) in [5, 5.41) is 8.07. The molecule has 5 heteroatoms. The molecule has 3 rings (SSSR count). The van der Waals surface area contributed by atoms with Crippen molar-refractivity contribution < 1.29 is 4.74 Å². The van der Waals surface area contributed by atoms with E-state index in [4.69, 9.17) is 4.74 Å². The Bertz CT molecular complexity index is 751. The standard InChI is InChI=1S/C18H19N3OS/c1-13-3-7-15(8-4-13)17-19-18(21-20-17)23-12-11-14-5-9-16(22-2)10-6-14/h3-10H,11-12H2,1-2H3,(H,19,20,21). The maximum Gasteiger partial charge on any atom is 0.208 e. The number of ether oxygens (including phenoxy) is 1. The molecule has 1 heterocycles. The molecule has 1 N–H and O–H groups in total. The molecule has 3 aromatic rings. The van der Waals surface area contributed by atoms with E-state index in [2.05, 4.69) is 58.5 Å². The van der Waals surface area contributed by atoms with Crippen LogP contribution in [0.5, 0.6) is 5.75 Å². The molecule has 0 saturated carbocycles. The lowest BCUT2D eigenvalue weighted by Crippen LogP contribution is -1.90. The van der Waals surface area contributed by atoms with Gasteiger partial charge in [-0.1, -0.05) is 53.7 Å². The second-order valence-corrected chi connectivity index (χ2v) is 6.34. The van der Waals surface area contributed by atoms with E-state index in [-0.39, 0.29) is 0 Å². The van der Waals surface area contributed by atoms with Gasteiger partial charge >= 0.3 is 0 Å². The Morgan fingerprint density at radius 2 is 1.78 bits per heavy atom. The van der Waals surface area contributed by atoms with E-state index < -0.39 is 0 Å². The Labute approximate surface area is 140 Å². The molecule has 0 saturated heterocycles. The molecule has 0 spiro atoms. The molecular formula is C18H19N3OS. The van der Waals surface area contributed by atoms with Gasteiger partial charge in [-0.15, -0.1) is 5.10 Å². The smallest absolute Gasteiger partial charge is 0.208 e. The summed E-state index contributed by atoms with van der Waals surface area (Å²) >= 11 is 1.66. The third-order valence-electron chi connectivity index (χ3n) is 3.57. The van der Waals surface area contributed by atoms with Gasteiger partial charge < -0.3 is 4.74 Å². The summed E-state index contributed by atoms with van der Waals surface area (Å²) in [6, 6.07) is 16.4. The van der Waals surface area contributed by atoms with Gasteiger partial charge in [-0.3, -0.25) is 5.10 Å². The fraction of sp³-hybridized carbons (Fsp3) is 0.222. The van der Waals surface area contributed by atoms with E-state index in [1.807, 2.05) is 12.1 Å². The summed E-state index contributed by atoms with van der Waals surface area (Å²) in [6.07, 6.45) is 0.975. The Morgan fingerprint density at radius 3 is 2.48 bits per heavy atom. The SMILES string of the molecule is COc1ccc(CCSc2n[nH]c(-c3ccc(C)cc3)n2)cc1. The predicted octanol–water partition coefficient (Wildman–Crippen LogP) is 4.12. The van der Waals surface area contributed by atoms with Crippen LogP contribution in [-0.2, 0) is 6.42 Å². The number of aromatic nitrogens is 3. The number of aryl methyl sites for hydroxylation is 2. The van der Waals surface area contributed by atoms with Crippen LogP contribution in [0.15, 0.2) is 53.7 Å². The van der Waals surface area contributed by atoms with Gasteiger partial charge in [-0.2, -0.15) is 0 Å². The Hall–Kier alpha value is -2.27. The summed E-state index contributed by atoms with van der Waals surface area (Å²) in [7, 11) is 1.68. The molecule has 0 aliphatic carbocycles. The van der Waals surface area contributed by atoms with Crippen LogP contribution in [0.25, 0.3) is 11.4 Å². The van der Waals surface area contributed by atoms with Crippen LogP contribution >= 0.6 is 11.8 Å². The van der Waals surface area contributed by atoms with Crippen LogP contribution in [0.4, 0.5) is 0 Å². The highest BCUT2D eigenvalue weighted by atomic mass is 32.2. The van der Waals surface area contributed by atoms with Crippen molar-refractivity contribution in [3.63, 3.8) is 0 Å². The molecule has 0 atom stereocenters. The first-order valence-corrected chi connectivity index (χ1v) is 8.48. The van der Waals surface area contributed by atoms with Crippen molar-refractivity contribution in [3.05, 3.63) is 59.7 Å². The molecule has 0 bridgehead atoms. The fourth-order valence-corrected chi connectivity index (χ4v) is 2.99. The zero-order valence-corrected chi connectivity index (χ0v) is 14.1. The van der Waals surface area contributed by atoms with Crippen LogP contribution in [0.1, 0.15) is 11.1 Å². The zero-order chi connectivity index (χ0) is 16.1. The third-order valence-corrected chi connectivity index (χ3v) is 4.42. The molecule has 1 aromatic heterocycles. The minimum Gasteiger partial charge on any atom is -0.497 e. The van der Waals surface area contributed by atoms with Crippen LogP contribution in [-0.4, -0.2) is 28.0 Å². The van der Waals surface area contributed by atoms with E-state index in [0.717, 1.165) is 34.5 Å². The quantitative estimate of drug-likeness (QED) is 0.693. The molecule has 2 aromatic carbocycles. The number of H-pyrrole nitrogens is 1. The Balaban J connectivity index is 1.55. The van der Waals surface area contributed by atoms with Gasteiger partial charge in [0.05, 0.1) is 7.11 Å². The van der Waals surface area contributed by atoms with E-state index >= 15 is 0 Å². The lowest BCUT2D eigenvalue weighted by Gasteiger charge is -2.02. The lowest BCUT2D eigenvalue weighted by atomic mass is 10.1. The van der Waals surface area contributed by atoms with Crippen molar-refractivity contribution in [1.29, 1.82) is 0 Å². The second-order valence-electron chi connectivity index (χ2n) is 5.28. The molecule has 0 amide bonds. The predicted molar refractivity (Wildman–Crippen MR) is 94.0 cm³/mol. The maximum absolute atomic E-state index is 5.17.